The second kappa shape index (κ2) is 10.8. The zero-order chi connectivity index (χ0) is 24.9. The van der Waals surface area contributed by atoms with Gasteiger partial charge in [0.2, 0.25) is 11.8 Å². The molecule has 0 fully saturated rings. The van der Waals surface area contributed by atoms with Gasteiger partial charge in [-0.25, -0.2) is 0 Å². The van der Waals surface area contributed by atoms with Crippen molar-refractivity contribution < 1.29 is 19.4 Å². The van der Waals surface area contributed by atoms with Crippen LogP contribution in [-0.4, -0.2) is 57.4 Å². The van der Waals surface area contributed by atoms with Crippen LogP contribution in [0.4, 0.5) is 0 Å². The van der Waals surface area contributed by atoms with Crippen LogP contribution in [-0.2, 0) is 15.0 Å². The summed E-state index contributed by atoms with van der Waals surface area (Å²) < 4.78 is 5.85. The Bertz CT molecular complexity index is 1190. The molecule has 9 nitrogen and oxygen atoms in total. The molecule has 1 aromatic heterocycles. The Hall–Kier alpha value is -3.27. The van der Waals surface area contributed by atoms with Crippen LogP contribution < -0.4 is 15.4 Å². The quantitative estimate of drug-likeness (QED) is 0.315. The maximum absolute atomic E-state index is 11.1. The van der Waals surface area contributed by atoms with Crippen molar-refractivity contribution in [2.75, 3.05) is 25.4 Å². The van der Waals surface area contributed by atoms with Crippen molar-refractivity contribution in [3.63, 3.8) is 0 Å². The van der Waals surface area contributed by atoms with Crippen molar-refractivity contribution in [1.29, 1.82) is 0 Å². The van der Waals surface area contributed by atoms with E-state index >= 15 is 0 Å². The minimum Gasteiger partial charge on any atom is -0.505 e. The highest BCUT2D eigenvalue weighted by molar-refractivity contribution is 7.99. The second-order valence-electron chi connectivity index (χ2n) is 8.89. The zero-order valence-electron chi connectivity index (χ0n) is 20.1. The number of hydrogen-bond donors (Lipinski definition) is 3. The molecular formula is C24H31N5O4S. The summed E-state index contributed by atoms with van der Waals surface area (Å²) in [7, 11) is 0. The van der Waals surface area contributed by atoms with Crippen LogP contribution in [0.15, 0.2) is 35.2 Å². The number of nitrogens with zero attached hydrogens (tertiary/aromatic N) is 3. The lowest BCUT2D eigenvalue weighted by Crippen LogP contribution is -2.25. The molecule has 182 valence electrons. The SMILES string of the molecule is CC(=O)NCCOc1cc(-n2nc3ccc(SCCNC(C)=O)cc3n2)c(O)c(C(C)(C)C)c1. The Balaban J connectivity index is 1.88. The number of ether oxygens (including phenoxy) is 1. The summed E-state index contributed by atoms with van der Waals surface area (Å²) in [6.07, 6.45) is 0. The number of aromatic nitrogens is 3. The zero-order valence-corrected chi connectivity index (χ0v) is 21.0. The van der Waals surface area contributed by atoms with Gasteiger partial charge in [-0.2, -0.15) is 0 Å². The first-order chi connectivity index (χ1) is 16.0. The number of benzene rings is 2. The van der Waals surface area contributed by atoms with Gasteiger partial charge in [-0.3, -0.25) is 9.59 Å². The first-order valence-corrected chi connectivity index (χ1v) is 12.0. The molecule has 0 spiro atoms. The molecular weight excluding hydrogens is 454 g/mol. The number of phenols is 1. The van der Waals surface area contributed by atoms with E-state index in [1.165, 1.54) is 18.6 Å². The number of carbonyl (C=O) groups is 2. The second-order valence-corrected chi connectivity index (χ2v) is 10.1. The fourth-order valence-corrected chi connectivity index (χ4v) is 4.08. The van der Waals surface area contributed by atoms with Gasteiger partial charge in [0, 0.05) is 42.7 Å². The van der Waals surface area contributed by atoms with Crippen LogP contribution in [0, 0.1) is 0 Å². The van der Waals surface area contributed by atoms with Crippen LogP contribution in [0.3, 0.4) is 0 Å². The lowest BCUT2D eigenvalue weighted by Gasteiger charge is -2.23. The molecule has 10 heteroatoms. The molecule has 3 aromatic rings. The van der Waals surface area contributed by atoms with E-state index in [4.69, 9.17) is 4.74 Å². The summed E-state index contributed by atoms with van der Waals surface area (Å²) >= 11 is 1.62. The van der Waals surface area contributed by atoms with Crippen LogP contribution in [0.25, 0.3) is 16.7 Å². The van der Waals surface area contributed by atoms with E-state index in [1.807, 2.05) is 39.0 Å². The third-order valence-electron chi connectivity index (χ3n) is 4.93. The van der Waals surface area contributed by atoms with Gasteiger partial charge in [-0.1, -0.05) is 20.8 Å². The highest BCUT2D eigenvalue weighted by Crippen LogP contribution is 2.38. The summed E-state index contributed by atoms with van der Waals surface area (Å²) in [5, 5.41) is 25.7. The standard InChI is InChI=1S/C24H31N5O4S/c1-15(30)25-8-10-33-17-12-19(24(3,4)5)23(32)22(13-17)29-27-20-7-6-18(14-21(20)28-29)34-11-9-26-16(2)31/h6-7,12-14,32H,8-11H2,1-5H3,(H,25,30)(H,26,31). The smallest absolute Gasteiger partial charge is 0.216 e. The van der Waals surface area contributed by atoms with E-state index in [0.717, 1.165) is 10.6 Å². The number of rotatable bonds is 9. The van der Waals surface area contributed by atoms with Gasteiger partial charge in [0.05, 0.1) is 6.54 Å². The van der Waals surface area contributed by atoms with Crippen molar-refractivity contribution >= 4 is 34.6 Å². The molecule has 0 unspecified atom stereocenters. The fraction of sp³-hybridized carbons (Fsp3) is 0.417. The molecule has 34 heavy (non-hydrogen) atoms. The van der Waals surface area contributed by atoms with E-state index in [9.17, 15) is 14.7 Å². The maximum Gasteiger partial charge on any atom is 0.216 e. The number of hydrogen-bond acceptors (Lipinski definition) is 7. The van der Waals surface area contributed by atoms with Crippen molar-refractivity contribution in [3.05, 3.63) is 35.9 Å². The number of nitrogens with one attached hydrogen (secondary N) is 2. The summed E-state index contributed by atoms with van der Waals surface area (Å²) in [4.78, 5) is 24.5. The van der Waals surface area contributed by atoms with Crippen molar-refractivity contribution in [1.82, 2.24) is 25.6 Å². The van der Waals surface area contributed by atoms with Crippen LogP contribution in [0.5, 0.6) is 11.5 Å². The number of amides is 2. The minimum absolute atomic E-state index is 0.0465. The summed E-state index contributed by atoms with van der Waals surface area (Å²) in [5.74, 6) is 1.22. The van der Waals surface area contributed by atoms with Gasteiger partial charge in [0.1, 0.15) is 34.8 Å². The van der Waals surface area contributed by atoms with Gasteiger partial charge in [-0.15, -0.1) is 26.8 Å². The fourth-order valence-electron chi connectivity index (χ4n) is 3.28. The van der Waals surface area contributed by atoms with Gasteiger partial charge in [0.25, 0.3) is 0 Å². The molecule has 0 radical (unpaired) electrons. The van der Waals surface area contributed by atoms with E-state index in [1.54, 1.807) is 23.9 Å². The summed E-state index contributed by atoms with van der Waals surface area (Å²) in [6.45, 7) is 10.2. The third-order valence-corrected chi connectivity index (χ3v) is 5.92. The normalized spacial score (nSPS) is 11.4. The number of thioether (sulfide) groups is 1. The van der Waals surface area contributed by atoms with E-state index in [0.29, 0.717) is 47.7 Å². The predicted molar refractivity (Wildman–Crippen MR) is 133 cm³/mol. The van der Waals surface area contributed by atoms with E-state index in [2.05, 4.69) is 20.8 Å². The first-order valence-electron chi connectivity index (χ1n) is 11.0. The average Bonchev–Trinajstić information content (AvgIpc) is 3.17. The molecule has 2 aromatic carbocycles. The molecule has 3 rings (SSSR count). The number of phenolic OH excluding ortho intramolecular Hbond substituents is 1. The molecule has 3 N–H and O–H groups in total. The van der Waals surface area contributed by atoms with Crippen LogP contribution in [0.2, 0.25) is 0 Å². The lowest BCUT2D eigenvalue weighted by atomic mass is 9.86. The number of aromatic hydroxyl groups is 1. The largest absolute Gasteiger partial charge is 0.505 e. The van der Waals surface area contributed by atoms with Crippen molar-refractivity contribution in [2.24, 2.45) is 0 Å². The number of fused-ring (bicyclic) bond motifs is 1. The average molecular weight is 486 g/mol. The molecule has 2 amide bonds. The summed E-state index contributed by atoms with van der Waals surface area (Å²) in [5.41, 5.74) is 2.16. The van der Waals surface area contributed by atoms with Gasteiger partial charge >= 0.3 is 0 Å². The first kappa shape index (κ1) is 25.4. The lowest BCUT2D eigenvalue weighted by molar-refractivity contribution is -0.119. The van der Waals surface area contributed by atoms with Gasteiger partial charge < -0.3 is 20.5 Å². The highest BCUT2D eigenvalue weighted by atomic mass is 32.2. The third kappa shape index (κ3) is 6.63. The van der Waals surface area contributed by atoms with Crippen molar-refractivity contribution in [3.8, 4) is 17.2 Å². The molecule has 0 bridgehead atoms. The Morgan fingerprint density at radius 2 is 1.71 bits per heavy atom. The van der Waals surface area contributed by atoms with Gasteiger partial charge in [0.15, 0.2) is 0 Å². The summed E-state index contributed by atoms with van der Waals surface area (Å²) in [6, 6.07) is 9.28. The van der Waals surface area contributed by atoms with E-state index < -0.39 is 0 Å². The predicted octanol–water partition coefficient (Wildman–Crippen LogP) is 3.17. The molecule has 0 atom stereocenters. The molecule has 1 heterocycles. The van der Waals surface area contributed by atoms with Gasteiger partial charge in [-0.05, 0) is 29.7 Å². The van der Waals surface area contributed by atoms with Crippen molar-refractivity contribution in [2.45, 2.75) is 44.9 Å². The molecule has 0 saturated heterocycles. The Labute approximate surface area is 203 Å². The molecule has 0 aliphatic rings. The maximum atomic E-state index is 11.1. The Kier molecular flexibility index (Phi) is 8.03. The Morgan fingerprint density at radius 3 is 2.38 bits per heavy atom. The highest BCUT2D eigenvalue weighted by Gasteiger charge is 2.24. The molecule has 0 saturated carbocycles. The minimum atomic E-state index is -0.347. The van der Waals surface area contributed by atoms with Crippen LogP contribution >= 0.6 is 11.8 Å². The van der Waals surface area contributed by atoms with E-state index in [-0.39, 0.29) is 23.0 Å². The Morgan fingerprint density at radius 1 is 1.03 bits per heavy atom. The molecule has 0 aliphatic heterocycles. The number of carbonyl (C=O) groups excluding carboxylic acids is 2. The monoisotopic (exact) mass is 485 g/mol. The molecule has 0 aliphatic carbocycles. The van der Waals surface area contributed by atoms with Crippen LogP contribution in [0.1, 0.15) is 40.2 Å². The topological polar surface area (TPSA) is 118 Å².